The Bertz CT molecular complexity index is 1250. The lowest BCUT2D eigenvalue weighted by molar-refractivity contribution is -0.0532. The first-order valence-corrected chi connectivity index (χ1v) is 10.7. The molecule has 4 N–H and O–H groups in total. The molecule has 0 unspecified atom stereocenters. The van der Waals surface area contributed by atoms with Crippen molar-refractivity contribution in [2.24, 2.45) is 0 Å². The van der Waals surface area contributed by atoms with E-state index >= 15 is 4.39 Å². The minimum absolute atomic E-state index is 0.0227. The molecule has 1 aliphatic heterocycles. The van der Waals surface area contributed by atoms with Crippen LogP contribution in [-0.2, 0) is 9.47 Å². The maximum atomic E-state index is 15.3. The fraction of sp³-hybridized carbons (Fsp3) is 0.348. The Balaban J connectivity index is 1.45. The lowest BCUT2D eigenvalue weighted by atomic mass is 9.92. The van der Waals surface area contributed by atoms with Crippen molar-refractivity contribution in [3.8, 4) is 17.0 Å². The third-order valence-electron chi connectivity index (χ3n) is 6.12. The number of halogens is 1. The number of rotatable bonds is 4. The number of pyridine rings is 2. The first-order valence-electron chi connectivity index (χ1n) is 10.7. The smallest absolute Gasteiger partial charge is 0.413 e. The molecule has 1 aromatic carbocycles. The van der Waals surface area contributed by atoms with E-state index in [1.165, 1.54) is 6.20 Å². The molecule has 1 fully saturated rings. The number of carbonyl (C=O) groups is 1. The van der Waals surface area contributed by atoms with Gasteiger partial charge in [-0.1, -0.05) is 0 Å². The second-order valence-corrected chi connectivity index (χ2v) is 8.18. The van der Waals surface area contributed by atoms with Crippen LogP contribution < -0.4 is 21.1 Å². The van der Waals surface area contributed by atoms with Gasteiger partial charge in [-0.05, 0) is 30.0 Å². The van der Waals surface area contributed by atoms with E-state index in [0.29, 0.717) is 53.8 Å². The van der Waals surface area contributed by atoms with Gasteiger partial charge >= 0.3 is 6.09 Å². The van der Waals surface area contributed by atoms with Gasteiger partial charge in [-0.3, -0.25) is 5.32 Å². The number of nitrogens with zero attached hydrogens (tertiary/aromatic N) is 2. The van der Waals surface area contributed by atoms with Crippen molar-refractivity contribution in [2.45, 2.75) is 32.0 Å². The highest BCUT2D eigenvalue weighted by molar-refractivity contribution is 5.99. The summed E-state index contributed by atoms with van der Waals surface area (Å²) in [6.07, 6.45) is 3.70. The molecule has 3 aromatic rings. The van der Waals surface area contributed by atoms with Gasteiger partial charge in [-0.25, -0.2) is 19.2 Å². The average Bonchev–Trinajstić information content (AvgIpc) is 2.79. The summed E-state index contributed by atoms with van der Waals surface area (Å²) < 4.78 is 31.4. The number of hydrogen-bond acceptors (Lipinski definition) is 8. The minimum Gasteiger partial charge on any atom is -0.474 e. The number of ether oxygens (including phenoxy) is 3. The molecule has 2 aromatic heterocycles. The molecule has 0 atom stereocenters. The maximum Gasteiger partial charge on any atom is 0.413 e. The molecule has 2 aliphatic rings. The van der Waals surface area contributed by atoms with Crippen molar-refractivity contribution in [3.05, 3.63) is 35.9 Å². The van der Waals surface area contributed by atoms with Gasteiger partial charge in [-0.2, -0.15) is 0 Å². The van der Waals surface area contributed by atoms with Gasteiger partial charge in [0.2, 0.25) is 5.88 Å². The second-order valence-electron chi connectivity index (χ2n) is 8.18. The number of fused-ring (bicyclic) bond motifs is 2. The van der Waals surface area contributed by atoms with Gasteiger partial charge in [0.05, 0.1) is 11.8 Å². The van der Waals surface area contributed by atoms with Gasteiger partial charge in [0.1, 0.15) is 24.2 Å². The predicted molar refractivity (Wildman–Crippen MR) is 122 cm³/mol. The van der Waals surface area contributed by atoms with Crippen molar-refractivity contribution in [1.29, 1.82) is 0 Å². The van der Waals surface area contributed by atoms with Gasteiger partial charge in [0.25, 0.3) is 0 Å². The maximum absolute atomic E-state index is 15.3. The average molecular weight is 453 g/mol. The lowest BCUT2D eigenvalue weighted by Crippen LogP contribution is -2.39. The van der Waals surface area contributed by atoms with E-state index in [0.717, 1.165) is 11.3 Å². The number of aromatic nitrogens is 2. The van der Waals surface area contributed by atoms with Crippen LogP contribution in [0.4, 0.5) is 26.4 Å². The van der Waals surface area contributed by atoms with Gasteiger partial charge < -0.3 is 25.3 Å². The van der Waals surface area contributed by atoms with Crippen molar-refractivity contribution >= 4 is 34.1 Å². The molecule has 0 radical (unpaired) electrons. The summed E-state index contributed by atoms with van der Waals surface area (Å²) >= 11 is 0. The zero-order chi connectivity index (χ0) is 23.1. The van der Waals surface area contributed by atoms with Crippen LogP contribution in [0.25, 0.3) is 21.9 Å². The van der Waals surface area contributed by atoms with E-state index in [1.807, 2.05) is 6.92 Å². The summed E-state index contributed by atoms with van der Waals surface area (Å²) in [6, 6.07) is 3.31. The van der Waals surface area contributed by atoms with E-state index in [9.17, 15) is 4.79 Å². The monoisotopic (exact) mass is 453 g/mol. The second kappa shape index (κ2) is 8.36. The number of benzene rings is 1. The fourth-order valence-corrected chi connectivity index (χ4v) is 4.15. The summed E-state index contributed by atoms with van der Waals surface area (Å²) in [6.45, 7) is 3.04. The molecule has 1 saturated carbocycles. The highest BCUT2D eigenvalue weighted by atomic mass is 19.1. The standard InChI is InChI=1S/C23H24FN5O4/c1-11-16(9-28-22-21(11)26-3-4-32-22)15-5-12-6-18(27-10-17(12)20(25)19(15)24)29-23(30)33-14-7-13(8-14)31-2/h5-6,9-10,13-14,26H,3-4,7-8,25H2,1-2H3,(H,27,29,30). The summed E-state index contributed by atoms with van der Waals surface area (Å²) in [5.74, 6) is 0.222. The van der Waals surface area contributed by atoms with Crippen LogP contribution in [-0.4, -0.2) is 48.5 Å². The van der Waals surface area contributed by atoms with Crippen molar-refractivity contribution in [2.75, 3.05) is 36.6 Å². The topological polar surface area (TPSA) is 121 Å². The summed E-state index contributed by atoms with van der Waals surface area (Å²) in [4.78, 5) is 20.7. The molecule has 1 aliphatic carbocycles. The van der Waals surface area contributed by atoms with Crippen molar-refractivity contribution < 1.29 is 23.4 Å². The number of nitrogens with two attached hydrogens (primary N) is 1. The third kappa shape index (κ3) is 3.86. The Morgan fingerprint density at radius 1 is 1.24 bits per heavy atom. The molecule has 10 heteroatoms. The Labute approximate surface area is 189 Å². The van der Waals surface area contributed by atoms with Gasteiger partial charge in [-0.15, -0.1) is 0 Å². The number of amides is 1. The molecule has 0 bridgehead atoms. The van der Waals surface area contributed by atoms with Crippen LogP contribution in [0.5, 0.6) is 5.88 Å². The van der Waals surface area contributed by atoms with E-state index in [-0.39, 0.29) is 23.7 Å². The highest BCUT2D eigenvalue weighted by Gasteiger charge is 2.32. The molecule has 33 heavy (non-hydrogen) atoms. The molecule has 172 valence electrons. The van der Waals surface area contributed by atoms with E-state index < -0.39 is 11.9 Å². The molecular formula is C23H24FN5O4. The number of carbonyl (C=O) groups excluding carboxylic acids is 1. The Hall–Kier alpha value is -3.66. The number of hydrogen-bond donors (Lipinski definition) is 3. The Kier molecular flexibility index (Phi) is 5.37. The van der Waals surface area contributed by atoms with Crippen LogP contribution >= 0.6 is 0 Å². The Morgan fingerprint density at radius 2 is 2.06 bits per heavy atom. The molecule has 5 rings (SSSR count). The first kappa shape index (κ1) is 21.2. The minimum atomic E-state index is -0.600. The number of nitrogen functional groups attached to an aromatic ring is 1. The Morgan fingerprint density at radius 3 is 2.85 bits per heavy atom. The quantitative estimate of drug-likeness (QED) is 0.510. The van der Waals surface area contributed by atoms with Crippen LogP contribution in [0.2, 0.25) is 0 Å². The van der Waals surface area contributed by atoms with E-state index in [4.69, 9.17) is 19.9 Å². The van der Waals surface area contributed by atoms with E-state index in [1.54, 1.807) is 25.4 Å². The summed E-state index contributed by atoms with van der Waals surface area (Å²) in [5.41, 5.74) is 8.54. The SMILES string of the molecule is COC1CC(OC(=O)Nc2cc3cc(-c4cnc5c(c4C)NCCO5)c(F)c(N)c3cn2)C1. The molecule has 3 heterocycles. The first-order chi connectivity index (χ1) is 15.9. The van der Waals surface area contributed by atoms with E-state index in [2.05, 4.69) is 20.6 Å². The predicted octanol–water partition coefficient (Wildman–Crippen LogP) is 3.86. The van der Waals surface area contributed by atoms with Crippen LogP contribution in [0, 0.1) is 12.7 Å². The van der Waals surface area contributed by atoms with Crippen LogP contribution in [0.3, 0.4) is 0 Å². The third-order valence-corrected chi connectivity index (χ3v) is 6.12. The van der Waals surface area contributed by atoms with Gasteiger partial charge in [0, 0.05) is 55.4 Å². The summed E-state index contributed by atoms with van der Waals surface area (Å²) in [7, 11) is 1.63. The molecule has 1 amide bonds. The normalized spacial score (nSPS) is 19.1. The van der Waals surface area contributed by atoms with Crippen LogP contribution in [0.1, 0.15) is 18.4 Å². The van der Waals surface area contributed by atoms with Crippen molar-refractivity contribution in [1.82, 2.24) is 9.97 Å². The number of methoxy groups -OCH3 is 1. The molecule has 0 saturated heterocycles. The molecular weight excluding hydrogens is 429 g/mol. The highest BCUT2D eigenvalue weighted by Crippen LogP contribution is 2.39. The van der Waals surface area contributed by atoms with Crippen LogP contribution in [0.15, 0.2) is 24.5 Å². The van der Waals surface area contributed by atoms with Gasteiger partial charge in [0.15, 0.2) is 5.82 Å². The number of anilines is 3. The zero-order valence-corrected chi connectivity index (χ0v) is 18.3. The summed E-state index contributed by atoms with van der Waals surface area (Å²) in [5, 5.41) is 6.95. The zero-order valence-electron chi connectivity index (χ0n) is 18.3. The van der Waals surface area contributed by atoms with Crippen molar-refractivity contribution in [3.63, 3.8) is 0 Å². The fourth-order valence-electron chi connectivity index (χ4n) is 4.15. The number of nitrogens with one attached hydrogen (secondary N) is 2. The molecule has 9 nitrogen and oxygen atoms in total. The molecule has 0 spiro atoms. The lowest BCUT2D eigenvalue weighted by Gasteiger charge is -2.33. The largest absolute Gasteiger partial charge is 0.474 e.